The molecule has 0 atom stereocenters. The van der Waals surface area contributed by atoms with Gasteiger partial charge in [-0.1, -0.05) is 59.4 Å². The average Bonchev–Trinajstić information content (AvgIpc) is 2.95. The van der Waals surface area contributed by atoms with E-state index in [2.05, 4.69) is 16.9 Å². The third kappa shape index (κ3) is 8.78. The van der Waals surface area contributed by atoms with Gasteiger partial charge in [0.25, 0.3) is 0 Å². The summed E-state index contributed by atoms with van der Waals surface area (Å²) in [4.78, 5) is 22.1. The van der Waals surface area contributed by atoms with Gasteiger partial charge in [0.15, 0.2) is 5.76 Å². The Labute approximate surface area is 223 Å². The van der Waals surface area contributed by atoms with Gasteiger partial charge in [-0.3, -0.25) is 4.79 Å². The molecule has 0 fully saturated rings. The van der Waals surface area contributed by atoms with E-state index in [9.17, 15) is 4.79 Å². The second kappa shape index (κ2) is 14.8. The molecule has 0 saturated carbocycles. The number of carbonyl (C=O) groups is 1. The van der Waals surface area contributed by atoms with Crippen molar-refractivity contribution in [3.63, 3.8) is 0 Å². The van der Waals surface area contributed by atoms with Crippen LogP contribution in [0.3, 0.4) is 0 Å². The molecule has 0 amide bonds. The van der Waals surface area contributed by atoms with Gasteiger partial charge in [-0.25, -0.2) is 0 Å². The van der Waals surface area contributed by atoms with Gasteiger partial charge < -0.3 is 19.1 Å². The SMILES string of the molecule is C=CC(=CC)ON=C(CC(C)=O)c1ccc(OCc2ccc(OCC(=NOC)c3ccccc3)cc2)cc1. The number of hydrogen-bond acceptors (Lipinski definition) is 7. The van der Waals surface area contributed by atoms with Crippen LogP contribution in [0.15, 0.2) is 114 Å². The number of hydrogen-bond donors (Lipinski definition) is 0. The van der Waals surface area contributed by atoms with Crippen LogP contribution in [0.4, 0.5) is 0 Å². The van der Waals surface area contributed by atoms with E-state index in [0.717, 1.165) is 22.4 Å². The van der Waals surface area contributed by atoms with E-state index in [1.165, 1.54) is 14.0 Å². The van der Waals surface area contributed by atoms with E-state index in [-0.39, 0.29) is 18.8 Å². The first-order valence-corrected chi connectivity index (χ1v) is 12.1. The summed E-state index contributed by atoms with van der Waals surface area (Å²) in [5.74, 6) is 1.92. The summed E-state index contributed by atoms with van der Waals surface area (Å²) in [6.45, 7) is 7.69. The van der Waals surface area contributed by atoms with Crippen LogP contribution < -0.4 is 9.47 Å². The molecule has 0 aliphatic carbocycles. The Kier molecular flexibility index (Phi) is 10.9. The van der Waals surface area contributed by atoms with Crippen molar-refractivity contribution >= 4 is 17.2 Å². The Hall–Kier alpha value is -4.65. The van der Waals surface area contributed by atoms with Crippen molar-refractivity contribution in [2.45, 2.75) is 26.9 Å². The molecule has 38 heavy (non-hydrogen) atoms. The third-order valence-electron chi connectivity index (χ3n) is 5.36. The summed E-state index contributed by atoms with van der Waals surface area (Å²) >= 11 is 0. The molecule has 0 aliphatic rings. The first-order chi connectivity index (χ1) is 18.5. The highest BCUT2D eigenvalue weighted by molar-refractivity contribution is 6.10. The largest absolute Gasteiger partial charge is 0.489 e. The molecule has 7 heteroatoms. The third-order valence-corrected chi connectivity index (χ3v) is 5.36. The molecule has 0 N–H and O–H groups in total. The number of allylic oxidation sites excluding steroid dienone is 2. The van der Waals surface area contributed by atoms with Crippen molar-refractivity contribution in [2.75, 3.05) is 13.7 Å². The molecule has 0 aromatic heterocycles. The fourth-order valence-corrected chi connectivity index (χ4v) is 3.39. The smallest absolute Gasteiger partial charge is 0.153 e. The zero-order valence-corrected chi connectivity index (χ0v) is 21.9. The molecule has 0 saturated heterocycles. The first kappa shape index (κ1) is 27.9. The van der Waals surface area contributed by atoms with Crippen LogP contribution >= 0.6 is 0 Å². The van der Waals surface area contributed by atoms with Crippen LogP contribution in [-0.4, -0.2) is 30.9 Å². The van der Waals surface area contributed by atoms with Crippen LogP contribution in [0.25, 0.3) is 0 Å². The van der Waals surface area contributed by atoms with Crippen LogP contribution in [0.2, 0.25) is 0 Å². The summed E-state index contributed by atoms with van der Waals surface area (Å²) in [5, 5.41) is 8.23. The Bertz CT molecular complexity index is 1280. The summed E-state index contributed by atoms with van der Waals surface area (Å²) in [5.41, 5.74) is 3.95. The van der Waals surface area contributed by atoms with E-state index < -0.39 is 0 Å². The first-order valence-electron chi connectivity index (χ1n) is 12.1. The van der Waals surface area contributed by atoms with E-state index >= 15 is 0 Å². The number of nitrogens with zero attached hydrogens (tertiary/aromatic N) is 2. The van der Waals surface area contributed by atoms with Crippen molar-refractivity contribution in [1.29, 1.82) is 0 Å². The van der Waals surface area contributed by atoms with Crippen LogP contribution in [0.1, 0.15) is 37.0 Å². The molecule has 7 nitrogen and oxygen atoms in total. The van der Waals surface area contributed by atoms with Crippen molar-refractivity contribution in [2.24, 2.45) is 10.3 Å². The number of carbonyl (C=O) groups excluding carboxylic acids is 1. The van der Waals surface area contributed by atoms with Gasteiger partial charge in [0.1, 0.15) is 43.3 Å². The molecule has 0 bridgehead atoms. The number of Topliss-reactive ketones (excluding diaryl/α,β-unsaturated/α-hetero) is 1. The summed E-state index contributed by atoms with van der Waals surface area (Å²) < 4.78 is 11.8. The molecule has 3 rings (SSSR count). The van der Waals surface area contributed by atoms with Crippen molar-refractivity contribution in [3.05, 3.63) is 120 Å². The fraction of sp³-hybridized carbons (Fsp3) is 0.194. The highest BCUT2D eigenvalue weighted by Crippen LogP contribution is 2.18. The van der Waals surface area contributed by atoms with E-state index in [0.29, 0.717) is 29.5 Å². The van der Waals surface area contributed by atoms with Crippen LogP contribution in [0.5, 0.6) is 11.5 Å². The second-order valence-electron chi connectivity index (χ2n) is 8.24. The maximum atomic E-state index is 11.7. The maximum Gasteiger partial charge on any atom is 0.153 e. The van der Waals surface area contributed by atoms with Gasteiger partial charge in [-0.05, 0) is 68.0 Å². The summed E-state index contributed by atoms with van der Waals surface area (Å²) in [6, 6.07) is 24.8. The monoisotopic (exact) mass is 512 g/mol. The van der Waals surface area contributed by atoms with E-state index in [1.807, 2.05) is 85.8 Å². The van der Waals surface area contributed by atoms with Gasteiger partial charge in [0.05, 0.1) is 12.1 Å². The van der Waals surface area contributed by atoms with Gasteiger partial charge in [-0.15, -0.1) is 0 Å². The van der Waals surface area contributed by atoms with Crippen LogP contribution in [0, 0.1) is 0 Å². The minimum atomic E-state index is -0.0111. The number of ketones is 1. The zero-order chi connectivity index (χ0) is 27.2. The predicted octanol–water partition coefficient (Wildman–Crippen LogP) is 6.48. The lowest BCUT2D eigenvalue weighted by Gasteiger charge is -2.11. The number of oxime groups is 2. The fourth-order valence-electron chi connectivity index (χ4n) is 3.39. The summed E-state index contributed by atoms with van der Waals surface area (Å²) in [6.07, 6.45) is 3.46. The van der Waals surface area contributed by atoms with Crippen molar-refractivity contribution in [1.82, 2.24) is 0 Å². The molecule has 0 aliphatic heterocycles. The minimum Gasteiger partial charge on any atom is -0.489 e. The molecule has 0 spiro atoms. The van der Waals surface area contributed by atoms with Crippen molar-refractivity contribution in [3.8, 4) is 11.5 Å². The summed E-state index contributed by atoms with van der Waals surface area (Å²) in [7, 11) is 1.52. The lowest BCUT2D eigenvalue weighted by atomic mass is 10.1. The Morgan fingerprint density at radius 2 is 1.47 bits per heavy atom. The Morgan fingerprint density at radius 3 is 2.08 bits per heavy atom. The zero-order valence-electron chi connectivity index (χ0n) is 21.9. The van der Waals surface area contributed by atoms with Crippen molar-refractivity contribution < 1.29 is 23.9 Å². The normalized spacial score (nSPS) is 12.0. The van der Waals surface area contributed by atoms with Gasteiger partial charge in [-0.2, -0.15) is 0 Å². The second-order valence-corrected chi connectivity index (χ2v) is 8.24. The lowest BCUT2D eigenvalue weighted by molar-refractivity contribution is -0.115. The highest BCUT2D eigenvalue weighted by Gasteiger charge is 2.10. The molecule has 0 radical (unpaired) electrons. The molecule has 3 aromatic carbocycles. The molecule has 0 unspecified atom stereocenters. The molecular formula is C31H32N2O5. The molecular weight excluding hydrogens is 480 g/mol. The van der Waals surface area contributed by atoms with Gasteiger partial charge >= 0.3 is 0 Å². The Balaban J connectivity index is 1.57. The van der Waals surface area contributed by atoms with E-state index in [4.69, 9.17) is 19.1 Å². The topological polar surface area (TPSA) is 78.7 Å². The molecule has 196 valence electrons. The molecule has 0 heterocycles. The van der Waals surface area contributed by atoms with Crippen LogP contribution in [-0.2, 0) is 21.1 Å². The predicted molar refractivity (Wildman–Crippen MR) is 150 cm³/mol. The van der Waals surface area contributed by atoms with E-state index in [1.54, 1.807) is 12.2 Å². The lowest BCUT2D eigenvalue weighted by Crippen LogP contribution is -2.13. The Morgan fingerprint density at radius 1 is 0.842 bits per heavy atom. The maximum absolute atomic E-state index is 11.7. The standard InChI is InChI=1S/C31H32N2O5/c1-5-27(6-2)38-33-30(20-23(3)34)26-14-18-29(19-15-26)36-21-24-12-16-28(17-13-24)37-22-31(32-35-4)25-10-8-7-9-11-25/h5-19H,1,20-22H2,2-4H3. The van der Waals surface area contributed by atoms with Gasteiger partial charge in [0.2, 0.25) is 0 Å². The average molecular weight is 513 g/mol. The number of rotatable bonds is 14. The number of benzene rings is 3. The molecule has 3 aromatic rings. The minimum absolute atomic E-state index is 0.0111. The highest BCUT2D eigenvalue weighted by atomic mass is 16.6. The number of ether oxygens (including phenoxy) is 2. The van der Waals surface area contributed by atoms with Gasteiger partial charge in [0, 0.05) is 11.1 Å². The quantitative estimate of drug-likeness (QED) is 0.107.